The van der Waals surface area contributed by atoms with Gasteiger partial charge in [-0.05, 0) is 38.5 Å². The number of aliphatic carboxylic acids is 1. The highest BCUT2D eigenvalue weighted by Crippen LogP contribution is 2.32. The van der Waals surface area contributed by atoms with Gasteiger partial charge in [0.15, 0.2) is 0 Å². The van der Waals surface area contributed by atoms with Crippen LogP contribution in [-0.4, -0.2) is 26.8 Å². The summed E-state index contributed by atoms with van der Waals surface area (Å²) in [6, 6.07) is 9.15. The molecule has 0 aliphatic rings. The van der Waals surface area contributed by atoms with Gasteiger partial charge in [0.2, 0.25) is 0 Å². The molecule has 1 aromatic heterocycles. The Bertz CT molecular complexity index is 670. The summed E-state index contributed by atoms with van der Waals surface area (Å²) in [7, 11) is 0. The Morgan fingerprint density at radius 3 is 2.76 bits per heavy atom. The molecule has 2 rings (SSSR count). The number of fused-ring (bicyclic) bond motifs is 1. The number of nitrogens with zero attached hydrogens (tertiary/aromatic N) is 1. The van der Waals surface area contributed by atoms with E-state index >= 15 is 0 Å². The van der Waals surface area contributed by atoms with Crippen molar-refractivity contribution in [3.05, 3.63) is 41.6 Å². The van der Waals surface area contributed by atoms with Gasteiger partial charge in [-0.1, -0.05) is 18.2 Å². The number of carbonyl (C=O) groups is 1. The van der Waals surface area contributed by atoms with Crippen LogP contribution in [0.5, 0.6) is 0 Å². The lowest BCUT2D eigenvalue weighted by Gasteiger charge is -2.28. The summed E-state index contributed by atoms with van der Waals surface area (Å²) in [4.78, 5) is 15.6. The Morgan fingerprint density at radius 1 is 1.43 bits per heavy atom. The monoisotopic (exact) mass is 304 g/mol. The van der Waals surface area contributed by atoms with E-state index in [9.17, 15) is 4.79 Å². The van der Waals surface area contributed by atoms with E-state index in [0.717, 1.165) is 22.2 Å². The molecule has 0 aliphatic heterocycles. The minimum absolute atomic E-state index is 0.538. The number of aryl methyl sites for hydroxylation is 1. The van der Waals surface area contributed by atoms with Crippen molar-refractivity contribution in [2.45, 2.75) is 37.3 Å². The normalized spacial score (nSPS) is 13.3. The fraction of sp³-hybridized carbons (Fsp3) is 0.375. The Kier molecular flexibility index (Phi) is 4.54. The molecule has 0 amide bonds. The first-order valence-electron chi connectivity index (χ1n) is 6.79. The molecule has 112 valence electrons. The predicted molar refractivity (Wildman–Crippen MR) is 87.5 cm³/mol. The van der Waals surface area contributed by atoms with E-state index in [0.29, 0.717) is 5.75 Å². The standard InChI is InChI=1S/C16H20N2O2S/c1-10-8-11(12-6-4-5-7-13(12)18-10)9-21-16(2,3)14(17)15(19)20/h4-8,14H,9,17H2,1-3H3,(H,19,20)/t14-/m1/s1. The van der Waals surface area contributed by atoms with Gasteiger partial charge in [-0.15, -0.1) is 11.8 Å². The van der Waals surface area contributed by atoms with Crippen LogP contribution in [0, 0.1) is 6.92 Å². The maximum Gasteiger partial charge on any atom is 0.321 e. The van der Waals surface area contributed by atoms with Crippen LogP contribution in [-0.2, 0) is 10.5 Å². The molecule has 3 N–H and O–H groups in total. The lowest BCUT2D eigenvalue weighted by Crippen LogP contribution is -2.46. The van der Waals surface area contributed by atoms with Crippen LogP contribution in [0.3, 0.4) is 0 Å². The first-order valence-corrected chi connectivity index (χ1v) is 7.77. The number of aromatic nitrogens is 1. The van der Waals surface area contributed by atoms with Crippen molar-refractivity contribution in [2.75, 3.05) is 0 Å². The second kappa shape index (κ2) is 6.03. The third kappa shape index (κ3) is 3.54. The number of nitrogens with two attached hydrogens (primary N) is 1. The summed E-state index contributed by atoms with van der Waals surface area (Å²) < 4.78 is -0.538. The van der Waals surface area contributed by atoms with Gasteiger partial charge in [-0.2, -0.15) is 0 Å². The lowest BCUT2D eigenvalue weighted by atomic mass is 10.1. The van der Waals surface area contributed by atoms with Crippen molar-refractivity contribution >= 4 is 28.6 Å². The predicted octanol–water partition coefficient (Wildman–Crippen LogP) is 2.97. The van der Waals surface area contributed by atoms with Crippen LogP contribution >= 0.6 is 11.8 Å². The number of hydrogen-bond donors (Lipinski definition) is 2. The molecule has 1 aromatic carbocycles. The molecular formula is C16H20N2O2S. The summed E-state index contributed by atoms with van der Waals surface area (Å²) >= 11 is 1.56. The second-order valence-corrected chi connectivity index (χ2v) is 7.28. The highest BCUT2D eigenvalue weighted by atomic mass is 32.2. The third-order valence-electron chi connectivity index (χ3n) is 3.54. The smallest absolute Gasteiger partial charge is 0.321 e. The van der Waals surface area contributed by atoms with E-state index in [4.69, 9.17) is 10.8 Å². The molecule has 0 saturated heterocycles. The molecule has 0 radical (unpaired) electrons. The van der Waals surface area contributed by atoms with E-state index in [2.05, 4.69) is 11.1 Å². The highest BCUT2D eigenvalue weighted by Gasteiger charge is 2.32. The van der Waals surface area contributed by atoms with Crippen molar-refractivity contribution in [1.29, 1.82) is 0 Å². The molecule has 0 saturated carbocycles. The van der Waals surface area contributed by atoms with E-state index in [1.54, 1.807) is 11.8 Å². The molecule has 21 heavy (non-hydrogen) atoms. The van der Waals surface area contributed by atoms with Crippen LogP contribution in [0.1, 0.15) is 25.1 Å². The van der Waals surface area contributed by atoms with Gasteiger partial charge in [-0.25, -0.2) is 0 Å². The molecule has 0 spiro atoms. The fourth-order valence-electron chi connectivity index (χ4n) is 2.17. The number of benzene rings is 1. The first-order chi connectivity index (χ1) is 9.81. The highest BCUT2D eigenvalue weighted by molar-refractivity contribution is 7.99. The Labute approximate surface area is 128 Å². The van der Waals surface area contributed by atoms with Crippen LogP contribution < -0.4 is 5.73 Å². The van der Waals surface area contributed by atoms with Gasteiger partial charge in [0, 0.05) is 21.6 Å². The zero-order valence-corrected chi connectivity index (χ0v) is 13.3. The lowest BCUT2D eigenvalue weighted by molar-refractivity contribution is -0.139. The van der Waals surface area contributed by atoms with Crippen LogP contribution in [0.2, 0.25) is 0 Å². The van der Waals surface area contributed by atoms with Gasteiger partial charge in [0.05, 0.1) is 5.52 Å². The Morgan fingerprint density at radius 2 is 2.10 bits per heavy atom. The zero-order chi connectivity index (χ0) is 15.6. The molecule has 0 aliphatic carbocycles. The maximum absolute atomic E-state index is 11.1. The number of pyridine rings is 1. The van der Waals surface area contributed by atoms with E-state index in [1.165, 1.54) is 0 Å². The summed E-state index contributed by atoms with van der Waals surface area (Å²) in [6.07, 6.45) is 0. The quantitative estimate of drug-likeness (QED) is 0.888. The second-order valence-electron chi connectivity index (χ2n) is 5.65. The number of para-hydroxylation sites is 1. The third-order valence-corrected chi connectivity index (χ3v) is 5.00. The average molecular weight is 304 g/mol. The fourth-order valence-corrected chi connectivity index (χ4v) is 3.21. The molecule has 0 bridgehead atoms. The van der Waals surface area contributed by atoms with Crippen LogP contribution in [0.4, 0.5) is 0 Å². The van der Waals surface area contributed by atoms with Crippen molar-refractivity contribution in [2.24, 2.45) is 5.73 Å². The van der Waals surface area contributed by atoms with Crippen molar-refractivity contribution in [3.63, 3.8) is 0 Å². The summed E-state index contributed by atoms with van der Waals surface area (Å²) in [5.41, 5.74) is 8.86. The largest absolute Gasteiger partial charge is 0.480 e. The Hall–Kier alpha value is -1.59. The average Bonchev–Trinajstić information content (AvgIpc) is 2.43. The number of hydrogen-bond acceptors (Lipinski definition) is 4. The summed E-state index contributed by atoms with van der Waals surface area (Å²) in [6.45, 7) is 5.70. The van der Waals surface area contributed by atoms with Crippen molar-refractivity contribution in [1.82, 2.24) is 4.98 Å². The van der Waals surface area contributed by atoms with E-state index in [1.807, 2.05) is 45.0 Å². The van der Waals surface area contributed by atoms with Crippen LogP contribution in [0.25, 0.3) is 10.9 Å². The summed E-state index contributed by atoms with van der Waals surface area (Å²) in [5.74, 6) is -0.263. The maximum atomic E-state index is 11.1. The van der Waals surface area contributed by atoms with Gasteiger partial charge in [0.25, 0.3) is 0 Å². The van der Waals surface area contributed by atoms with Gasteiger partial charge in [0.1, 0.15) is 6.04 Å². The molecular weight excluding hydrogens is 284 g/mol. The Balaban J connectivity index is 2.26. The minimum Gasteiger partial charge on any atom is -0.480 e. The van der Waals surface area contributed by atoms with Crippen molar-refractivity contribution < 1.29 is 9.90 Å². The topological polar surface area (TPSA) is 76.2 Å². The number of carboxylic acid groups (broad SMARTS) is 1. The first kappa shape index (κ1) is 15.8. The minimum atomic E-state index is -0.969. The number of thioether (sulfide) groups is 1. The SMILES string of the molecule is Cc1cc(CSC(C)(C)[C@H](N)C(=O)O)c2ccccc2n1. The molecule has 5 heteroatoms. The number of carboxylic acids is 1. The molecule has 0 unspecified atom stereocenters. The van der Waals surface area contributed by atoms with Crippen LogP contribution in [0.15, 0.2) is 30.3 Å². The molecule has 1 atom stereocenters. The van der Waals surface area contributed by atoms with E-state index in [-0.39, 0.29) is 0 Å². The van der Waals surface area contributed by atoms with Gasteiger partial charge < -0.3 is 10.8 Å². The zero-order valence-electron chi connectivity index (χ0n) is 12.5. The molecule has 1 heterocycles. The van der Waals surface area contributed by atoms with Gasteiger partial charge in [-0.3, -0.25) is 9.78 Å². The molecule has 2 aromatic rings. The molecule has 0 fully saturated rings. The molecule has 4 nitrogen and oxygen atoms in total. The van der Waals surface area contributed by atoms with Gasteiger partial charge >= 0.3 is 5.97 Å². The number of rotatable bonds is 5. The summed E-state index contributed by atoms with van der Waals surface area (Å²) in [5, 5.41) is 10.2. The van der Waals surface area contributed by atoms with Crippen molar-refractivity contribution in [3.8, 4) is 0 Å². The van der Waals surface area contributed by atoms with E-state index < -0.39 is 16.8 Å².